The lowest BCUT2D eigenvalue weighted by molar-refractivity contribution is 0.0599. The minimum absolute atomic E-state index is 0.170. The van der Waals surface area contributed by atoms with Crippen molar-refractivity contribution in [3.05, 3.63) is 27.8 Å². The fourth-order valence-corrected chi connectivity index (χ4v) is 1.35. The second kappa shape index (κ2) is 4.81. The molecule has 1 aromatic rings. The Balaban J connectivity index is 2.69. The molecule has 0 aromatic heterocycles. The Labute approximate surface area is 92.1 Å². The summed E-state index contributed by atoms with van der Waals surface area (Å²) in [7, 11) is 0. The zero-order chi connectivity index (χ0) is 9.84. The second-order valence-corrected chi connectivity index (χ2v) is 4.16. The van der Waals surface area contributed by atoms with Crippen molar-refractivity contribution in [2.75, 3.05) is 0 Å². The molecule has 0 radical (unpaired) electrons. The molecule has 2 nitrogen and oxygen atoms in total. The van der Waals surface area contributed by atoms with Crippen LogP contribution < -0.4 is 4.74 Å². The van der Waals surface area contributed by atoms with Gasteiger partial charge in [-0.2, -0.15) is 0 Å². The average Bonchev–Trinajstić information content (AvgIpc) is 2.08. The number of ether oxygens (including phenoxy) is 1. The summed E-state index contributed by atoms with van der Waals surface area (Å²) in [5, 5.41) is 9.25. The predicted octanol–water partition coefficient (Wildman–Crippen LogP) is 2.44. The summed E-state index contributed by atoms with van der Waals surface area (Å²) in [5.74, 6) is 0.830. The van der Waals surface area contributed by atoms with Crippen LogP contribution >= 0.6 is 22.6 Å². The van der Waals surface area contributed by atoms with Crippen LogP contribution in [-0.4, -0.2) is 17.3 Å². The first-order chi connectivity index (χ1) is 6.11. The molecule has 0 heterocycles. The molecule has 0 bridgehead atoms. The zero-order valence-corrected chi connectivity index (χ0v) is 9.86. The van der Waals surface area contributed by atoms with Crippen molar-refractivity contribution in [1.82, 2.24) is 0 Å². The SMILES string of the molecule is C[C@H](Oc1ccccc1I)[C@@H](C)O. The molecule has 0 aliphatic rings. The van der Waals surface area contributed by atoms with Gasteiger partial charge >= 0.3 is 0 Å². The van der Waals surface area contributed by atoms with Crippen LogP contribution in [0.3, 0.4) is 0 Å². The van der Waals surface area contributed by atoms with E-state index in [1.807, 2.05) is 31.2 Å². The normalized spacial score (nSPS) is 15.1. The third-order valence-electron chi connectivity index (χ3n) is 1.83. The van der Waals surface area contributed by atoms with Crippen LogP contribution in [0.15, 0.2) is 24.3 Å². The number of benzene rings is 1. The predicted molar refractivity (Wildman–Crippen MR) is 60.9 cm³/mol. The maximum absolute atomic E-state index is 9.25. The summed E-state index contributed by atoms with van der Waals surface area (Å²) in [6.07, 6.45) is -0.619. The van der Waals surface area contributed by atoms with Gasteiger partial charge in [-0.15, -0.1) is 0 Å². The van der Waals surface area contributed by atoms with E-state index in [0.717, 1.165) is 9.32 Å². The van der Waals surface area contributed by atoms with Gasteiger partial charge in [0.2, 0.25) is 0 Å². The summed E-state index contributed by atoms with van der Waals surface area (Å²) < 4.78 is 6.61. The number of hydrogen-bond donors (Lipinski definition) is 1. The van der Waals surface area contributed by atoms with Gasteiger partial charge in [-0.3, -0.25) is 0 Å². The van der Waals surface area contributed by atoms with Crippen molar-refractivity contribution >= 4 is 22.6 Å². The van der Waals surface area contributed by atoms with E-state index in [9.17, 15) is 5.11 Å². The van der Waals surface area contributed by atoms with Crippen molar-refractivity contribution in [3.8, 4) is 5.75 Å². The van der Waals surface area contributed by atoms with Crippen LogP contribution in [0.4, 0.5) is 0 Å². The van der Waals surface area contributed by atoms with E-state index in [4.69, 9.17) is 4.74 Å². The Morgan fingerprint density at radius 1 is 1.31 bits per heavy atom. The third-order valence-corrected chi connectivity index (χ3v) is 2.72. The van der Waals surface area contributed by atoms with Gasteiger partial charge in [-0.25, -0.2) is 0 Å². The van der Waals surface area contributed by atoms with Crippen molar-refractivity contribution in [3.63, 3.8) is 0 Å². The zero-order valence-electron chi connectivity index (χ0n) is 7.70. The number of halogens is 1. The van der Waals surface area contributed by atoms with Crippen LogP contribution in [0.5, 0.6) is 5.75 Å². The van der Waals surface area contributed by atoms with Gasteiger partial charge in [-0.05, 0) is 48.6 Å². The summed E-state index contributed by atoms with van der Waals surface area (Å²) in [6, 6.07) is 7.76. The van der Waals surface area contributed by atoms with E-state index in [1.165, 1.54) is 0 Å². The first-order valence-corrected chi connectivity index (χ1v) is 5.28. The van der Waals surface area contributed by atoms with Crippen LogP contribution in [0, 0.1) is 3.57 Å². The molecule has 0 amide bonds. The largest absolute Gasteiger partial charge is 0.487 e. The Hall–Kier alpha value is -0.290. The summed E-state index contributed by atoms with van der Waals surface area (Å²) in [5.41, 5.74) is 0. The number of aliphatic hydroxyl groups excluding tert-OH is 1. The van der Waals surface area contributed by atoms with Crippen LogP contribution in [0.1, 0.15) is 13.8 Å². The van der Waals surface area contributed by atoms with Crippen LogP contribution in [0.2, 0.25) is 0 Å². The fourth-order valence-electron chi connectivity index (χ4n) is 0.839. The monoisotopic (exact) mass is 292 g/mol. The van der Waals surface area contributed by atoms with Gasteiger partial charge in [0.15, 0.2) is 0 Å². The van der Waals surface area contributed by atoms with Gasteiger partial charge in [0, 0.05) is 0 Å². The highest BCUT2D eigenvalue weighted by Gasteiger charge is 2.11. The summed E-state index contributed by atoms with van der Waals surface area (Å²) in [4.78, 5) is 0. The molecule has 72 valence electrons. The Bertz CT molecular complexity index is 273. The summed E-state index contributed by atoms with van der Waals surface area (Å²) >= 11 is 2.21. The maximum atomic E-state index is 9.25. The quantitative estimate of drug-likeness (QED) is 0.867. The van der Waals surface area contributed by atoms with Crippen LogP contribution in [-0.2, 0) is 0 Å². The van der Waals surface area contributed by atoms with E-state index >= 15 is 0 Å². The number of hydrogen-bond acceptors (Lipinski definition) is 2. The highest BCUT2D eigenvalue weighted by molar-refractivity contribution is 14.1. The second-order valence-electron chi connectivity index (χ2n) is 2.99. The van der Waals surface area contributed by atoms with E-state index in [1.54, 1.807) is 6.92 Å². The smallest absolute Gasteiger partial charge is 0.133 e. The van der Waals surface area contributed by atoms with Gasteiger partial charge in [0.1, 0.15) is 11.9 Å². The highest BCUT2D eigenvalue weighted by Crippen LogP contribution is 2.21. The number of aliphatic hydroxyl groups is 1. The van der Waals surface area contributed by atoms with Gasteiger partial charge < -0.3 is 9.84 Å². The molecule has 1 rings (SSSR count). The third kappa shape index (κ3) is 3.15. The highest BCUT2D eigenvalue weighted by atomic mass is 127. The number of rotatable bonds is 3. The van der Waals surface area contributed by atoms with E-state index < -0.39 is 6.10 Å². The van der Waals surface area contributed by atoms with Gasteiger partial charge in [0.05, 0.1) is 9.67 Å². The Kier molecular flexibility index (Phi) is 3.99. The van der Waals surface area contributed by atoms with Crippen molar-refractivity contribution in [2.24, 2.45) is 0 Å². The Morgan fingerprint density at radius 3 is 2.46 bits per heavy atom. The fraction of sp³-hybridized carbons (Fsp3) is 0.400. The molecule has 1 N–H and O–H groups in total. The van der Waals surface area contributed by atoms with Crippen molar-refractivity contribution < 1.29 is 9.84 Å². The molecule has 0 aliphatic carbocycles. The molecule has 0 unspecified atom stereocenters. The molecule has 0 saturated heterocycles. The molecule has 3 heteroatoms. The number of para-hydroxylation sites is 1. The lowest BCUT2D eigenvalue weighted by atomic mass is 10.2. The maximum Gasteiger partial charge on any atom is 0.133 e. The molecular weight excluding hydrogens is 279 g/mol. The lowest BCUT2D eigenvalue weighted by Gasteiger charge is -2.17. The summed E-state index contributed by atoms with van der Waals surface area (Å²) in [6.45, 7) is 3.58. The standard InChI is InChI=1S/C10H13IO2/c1-7(12)8(2)13-10-6-4-3-5-9(10)11/h3-8,12H,1-2H3/t7-,8+/m1/s1. The first kappa shape index (κ1) is 10.8. The van der Waals surface area contributed by atoms with E-state index in [2.05, 4.69) is 22.6 Å². The molecule has 2 atom stereocenters. The van der Waals surface area contributed by atoms with Crippen molar-refractivity contribution in [2.45, 2.75) is 26.1 Å². The van der Waals surface area contributed by atoms with E-state index in [0.29, 0.717) is 0 Å². The minimum atomic E-state index is -0.448. The van der Waals surface area contributed by atoms with Crippen molar-refractivity contribution in [1.29, 1.82) is 0 Å². The van der Waals surface area contributed by atoms with E-state index in [-0.39, 0.29) is 6.10 Å². The molecule has 13 heavy (non-hydrogen) atoms. The minimum Gasteiger partial charge on any atom is -0.487 e. The van der Waals surface area contributed by atoms with Gasteiger partial charge in [0.25, 0.3) is 0 Å². The lowest BCUT2D eigenvalue weighted by Crippen LogP contribution is -2.25. The molecule has 0 spiro atoms. The van der Waals surface area contributed by atoms with Crippen LogP contribution in [0.25, 0.3) is 0 Å². The first-order valence-electron chi connectivity index (χ1n) is 4.20. The molecule has 0 saturated carbocycles. The topological polar surface area (TPSA) is 29.5 Å². The van der Waals surface area contributed by atoms with Gasteiger partial charge in [-0.1, -0.05) is 12.1 Å². The molecule has 1 aromatic carbocycles. The molecule has 0 aliphatic heterocycles. The molecular formula is C10H13IO2. The average molecular weight is 292 g/mol. The Morgan fingerprint density at radius 2 is 1.92 bits per heavy atom. The molecule has 0 fully saturated rings.